The van der Waals surface area contributed by atoms with Crippen LogP contribution in [0.1, 0.15) is 5.56 Å². The highest BCUT2D eigenvalue weighted by Gasteiger charge is 2.28. The first-order chi connectivity index (χ1) is 11.6. The largest absolute Gasteiger partial charge is 0.398 e. The number of urea groups is 1. The Balaban J connectivity index is 2.10. The molecule has 140 valence electrons. The van der Waals surface area contributed by atoms with Crippen molar-refractivity contribution in [1.29, 1.82) is 0 Å². The molecule has 1 aromatic carbocycles. The van der Waals surface area contributed by atoms with Gasteiger partial charge in [0.15, 0.2) is 0 Å². The van der Waals surface area contributed by atoms with Crippen molar-refractivity contribution in [2.75, 3.05) is 50.9 Å². The number of thioether (sulfide) groups is 1. The number of piperazine rings is 1. The first-order valence-corrected chi connectivity index (χ1v) is 8.78. The minimum atomic E-state index is -4.27. The number of carbonyl (C=O) groups excluding carboxylic acids is 1. The van der Waals surface area contributed by atoms with Gasteiger partial charge in [-0.3, -0.25) is 0 Å². The maximum Gasteiger partial charge on any atom is 0.398 e. The molecule has 1 heterocycles. The van der Waals surface area contributed by atoms with Gasteiger partial charge in [-0.15, -0.1) is 11.8 Å². The van der Waals surface area contributed by atoms with E-state index in [9.17, 15) is 22.4 Å². The van der Waals surface area contributed by atoms with Crippen LogP contribution in [0.3, 0.4) is 0 Å². The van der Waals surface area contributed by atoms with Crippen LogP contribution >= 0.6 is 11.8 Å². The van der Waals surface area contributed by atoms with Crippen LogP contribution in [0.5, 0.6) is 0 Å². The average Bonchev–Trinajstić information content (AvgIpc) is 2.52. The topological polar surface area (TPSA) is 26.8 Å². The number of nitrogens with zero attached hydrogens (tertiary/aromatic N) is 3. The van der Waals surface area contributed by atoms with Gasteiger partial charge in [0.05, 0.1) is 11.4 Å². The molecule has 9 heteroatoms. The first kappa shape index (κ1) is 19.7. The van der Waals surface area contributed by atoms with Crippen molar-refractivity contribution in [3.63, 3.8) is 0 Å². The highest BCUT2D eigenvalue weighted by atomic mass is 32.2. The lowest BCUT2D eigenvalue weighted by molar-refractivity contribution is -0.105. The zero-order chi connectivity index (χ0) is 18.8. The Morgan fingerprint density at radius 1 is 1.20 bits per heavy atom. The summed E-state index contributed by atoms with van der Waals surface area (Å²) in [5.41, 5.74) is 0.768. The molecule has 4 nitrogen and oxygen atoms in total. The molecule has 0 bridgehead atoms. The molecule has 1 aromatic rings. The molecule has 0 saturated carbocycles. The molecule has 2 rings (SSSR count). The number of carbonyl (C=O) groups is 1. The van der Waals surface area contributed by atoms with Crippen LogP contribution in [0.2, 0.25) is 0 Å². The van der Waals surface area contributed by atoms with Crippen LogP contribution in [0.25, 0.3) is 0 Å². The summed E-state index contributed by atoms with van der Waals surface area (Å²) in [5.74, 6) is -1.47. The third kappa shape index (κ3) is 5.17. The van der Waals surface area contributed by atoms with Gasteiger partial charge in [0.1, 0.15) is 5.82 Å². The first-order valence-electron chi connectivity index (χ1n) is 7.79. The summed E-state index contributed by atoms with van der Waals surface area (Å²) in [4.78, 5) is 17.3. The van der Waals surface area contributed by atoms with Crippen molar-refractivity contribution >= 4 is 23.5 Å². The molecule has 2 amide bonds. The lowest BCUT2D eigenvalue weighted by atomic mass is 10.2. The summed E-state index contributed by atoms with van der Waals surface area (Å²) in [6.07, 6.45) is -4.27. The minimum absolute atomic E-state index is 0.106. The highest BCUT2D eigenvalue weighted by Crippen LogP contribution is 2.34. The molecule has 1 aliphatic heterocycles. The van der Waals surface area contributed by atoms with E-state index in [1.807, 2.05) is 0 Å². The molecule has 1 saturated heterocycles. The van der Waals surface area contributed by atoms with Crippen LogP contribution in [0, 0.1) is 12.7 Å². The summed E-state index contributed by atoms with van der Waals surface area (Å²) >= 11 is 0.661. The molecule has 0 N–H and O–H groups in total. The SMILES string of the molecule is Cc1cc(F)c(N2CCN(C(=O)N(C)C)CC2)cc1SCC(F)(F)F. The summed E-state index contributed by atoms with van der Waals surface area (Å²) in [7, 11) is 3.33. The standard InChI is InChI=1S/C16H21F4N3OS/c1-11-8-12(17)13(9-14(11)25-10-16(18,19)20)22-4-6-23(7-5-22)15(24)21(2)3/h8-9H,4-7,10H2,1-3H3. The van der Waals surface area contributed by atoms with Crippen LogP contribution in [0.4, 0.5) is 28.0 Å². The third-order valence-corrected chi connectivity index (χ3v) is 5.13. The average molecular weight is 379 g/mol. The molecule has 1 fully saturated rings. The second-order valence-electron chi connectivity index (χ2n) is 6.12. The molecule has 0 unspecified atom stereocenters. The summed E-state index contributed by atoms with van der Waals surface area (Å²) in [6, 6.07) is 2.64. The van der Waals surface area contributed by atoms with Gasteiger partial charge in [-0.2, -0.15) is 13.2 Å². The Labute approximate surface area is 148 Å². The van der Waals surface area contributed by atoms with E-state index in [2.05, 4.69) is 0 Å². The van der Waals surface area contributed by atoms with E-state index < -0.39 is 17.7 Å². The van der Waals surface area contributed by atoms with Gasteiger partial charge >= 0.3 is 12.2 Å². The van der Waals surface area contributed by atoms with Gasteiger partial charge in [-0.1, -0.05) is 0 Å². The minimum Gasteiger partial charge on any atom is -0.366 e. The van der Waals surface area contributed by atoms with Gasteiger partial charge in [0.2, 0.25) is 0 Å². The van der Waals surface area contributed by atoms with E-state index in [1.54, 1.807) is 30.8 Å². The molecule has 25 heavy (non-hydrogen) atoms. The Morgan fingerprint density at radius 2 is 1.80 bits per heavy atom. The normalized spacial score (nSPS) is 15.5. The number of hydrogen-bond acceptors (Lipinski definition) is 3. The number of hydrogen-bond donors (Lipinski definition) is 0. The zero-order valence-corrected chi connectivity index (χ0v) is 15.2. The van der Waals surface area contributed by atoms with E-state index in [0.29, 0.717) is 48.4 Å². The van der Waals surface area contributed by atoms with E-state index in [1.165, 1.54) is 17.0 Å². The molecule has 0 atom stereocenters. The molecular formula is C16H21F4N3OS. The van der Waals surface area contributed by atoms with Crippen molar-refractivity contribution in [3.05, 3.63) is 23.5 Å². The fourth-order valence-corrected chi connectivity index (χ4v) is 3.42. The van der Waals surface area contributed by atoms with E-state index >= 15 is 0 Å². The number of rotatable bonds is 3. The molecule has 0 radical (unpaired) electrons. The van der Waals surface area contributed by atoms with Crippen LogP contribution in [-0.4, -0.2) is 68.0 Å². The second kappa shape index (κ2) is 7.72. The summed E-state index contributed by atoms with van der Waals surface area (Å²) < 4.78 is 51.6. The van der Waals surface area contributed by atoms with Crippen molar-refractivity contribution in [2.24, 2.45) is 0 Å². The van der Waals surface area contributed by atoms with Gasteiger partial charge in [0.25, 0.3) is 0 Å². The zero-order valence-electron chi connectivity index (χ0n) is 14.4. The lowest BCUT2D eigenvalue weighted by Gasteiger charge is -2.37. The maximum absolute atomic E-state index is 14.3. The summed E-state index contributed by atoms with van der Waals surface area (Å²) in [6.45, 7) is 3.34. The van der Waals surface area contributed by atoms with Crippen molar-refractivity contribution in [2.45, 2.75) is 18.0 Å². The predicted molar refractivity (Wildman–Crippen MR) is 90.8 cm³/mol. The number of aryl methyl sites for hydroxylation is 1. The second-order valence-corrected chi connectivity index (χ2v) is 7.14. The third-order valence-electron chi connectivity index (χ3n) is 3.91. The Morgan fingerprint density at radius 3 is 2.32 bits per heavy atom. The van der Waals surface area contributed by atoms with Crippen LogP contribution in [0.15, 0.2) is 17.0 Å². The fraction of sp³-hybridized carbons (Fsp3) is 0.562. The van der Waals surface area contributed by atoms with Crippen LogP contribution in [-0.2, 0) is 0 Å². The highest BCUT2D eigenvalue weighted by molar-refractivity contribution is 7.99. The maximum atomic E-state index is 14.3. The number of alkyl halides is 3. The van der Waals surface area contributed by atoms with Gasteiger partial charge < -0.3 is 14.7 Å². The van der Waals surface area contributed by atoms with Gasteiger partial charge in [-0.05, 0) is 24.6 Å². The van der Waals surface area contributed by atoms with Gasteiger partial charge in [-0.25, -0.2) is 9.18 Å². The number of halogens is 4. The van der Waals surface area contributed by atoms with E-state index in [-0.39, 0.29) is 11.7 Å². The Bertz CT molecular complexity index is 629. The lowest BCUT2D eigenvalue weighted by Crippen LogP contribution is -2.51. The van der Waals surface area contributed by atoms with Gasteiger partial charge in [0, 0.05) is 45.2 Å². The summed E-state index contributed by atoms with van der Waals surface area (Å²) in [5, 5.41) is 0. The van der Waals surface area contributed by atoms with E-state index in [0.717, 1.165) is 0 Å². The smallest absolute Gasteiger partial charge is 0.366 e. The van der Waals surface area contributed by atoms with Crippen molar-refractivity contribution in [3.8, 4) is 0 Å². The monoisotopic (exact) mass is 379 g/mol. The molecule has 0 spiro atoms. The fourth-order valence-electron chi connectivity index (χ4n) is 2.62. The quantitative estimate of drug-likeness (QED) is 0.593. The number of anilines is 1. The molecular weight excluding hydrogens is 358 g/mol. The Kier molecular flexibility index (Phi) is 6.08. The molecule has 0 aromatic heterocycles. The van der Waals surface area contributed by atoms with Crippen LogP contribution < -0.4 is 4.90 Å². The molecule has 0 aliphatic carbocycles. The molecule has 1 aliphatic rings. The Hall–Kier alpha value is -1.64. The number of benzene rings is 1. The van der Waals surface area contributed by atoms with Crippen molar-refractivity contribution < 1.29 is 22.4 Å². The predicted octanol–water partition coefficient (Wildman–Crippen LogP) is 3.59. The number of amides is 2. The van der Waals surface area contributed by atoms with E-state index in [4.69, 9.17) is 0 Å². The van der Waals surface area contributed by atoms with Crippen molar-refractivity contribution in [1.82, 2.24) is 9.80 Å².